The van der Waals surface area contributed by atoms with Crippen LogP contribution in [0.5, 0.6) is 0 Å². The van der Waals surface area contributed by atoms with E-state index in [1.807, 2.05) is 0 Å². The minimum atomic E-state index is -0.918. The van der Waals surface area contributed by atoms with Crippen LogP contribution in [-0.4, -0.2) is 29.0 Å². The molecule has 0 saturated heterocycles. The third kappa shape index (κ3) is 4.78. The van der Waals surface area contributed by atoms with Gasteiger partial charge >= 0.3 is 11.9 Å². The first-order valence-electron chi connectivity index (χ1n) is 3.01. The molecule has 0 aromatic carbocycles. The number of carbonyl (C=O) groups is 2. The molecule has 0 aliphatic carbocycles. The lowest BCUT2D eigenvalue weighted by Gasteiger charge is -2.03. The lowest BCUT2D eigenvalue weighted by atomic mass is 10.2. The van der Waals surface area contributed by atoms with Gasteiger partial charge in [-0.15, -0.1) is 0 Å². The Labute approximate surface area is 72.7 Å². The van der Waals surface area contributed by atoms with Crippen LogP contribution >= 0.6 is 15.9 Å². The lowest BCUT2D eigenvalue weighted by Crippen LogP contribution is -2.16. The van der Waals surface area contributed by atoms with Gasteiger partial charge in [0.15, 0.2) is 0 Å². The summed E-state index contributed by atoms with van der Waals surface area (Å²) < 4.78 is 4.37. The van der Waals surface area contributed by atoms with Crippen LogP contribution in [0.15, 0.2) is 0 Å². The Bertz CT molecular complexity index is 157. The van der Waals surface area contributed by atoms with Gasteiger partial charge in [-0.2, -0.15) is 0 Å². The number of halogens is 1. The van der Waals surface area contributed by atoms with Crippen molar-refractivity contribution in [2.45, 2.75) is 17.7 Å². The number of esters is 1. The molecule has 0 rings (SSSR count). The molecule has 0 radical (unpaired) electrons. The molecule has 1 unspecified atom stereocenters. The predicted octanol–water partition coefficient (Wildman–Crippen LogP) is 0.788. The van der Waals surface area contributed by atoms with Gasteiger partial charge in [0, 0.05) is 6.42 Å². The first-order chi connectivity index (χ1) is 5.07. The van der Waals surface area contributed by atoms with Gasteiger partial charge in [0.2, 0.25) is 0 Å². The first-order valence-corrected chi connectivity index (χ1v) is 3.93. The van der Waals surface area contributed by atoms with Crippen LogP contribution in [0.1, 0.15) is 12.8 Å². The van der Waals surface area contributed by atoms with Crippen LogP contribution in [-0.2, 0) is 14.3 Å². The first kappa shape index (κ1) is 10.4. The Morgan fingerprint density at radius 3 is 2.55 bits per heavy atom. The van der Waals surface area contributed by atoms with Gasteiger partial charge in [0.25, 0.3) is 0 Å². The highest BCUT2D eigenvalue weighted by Gasteiger charge is 2.15. The summed E-state index contributed by atoms with van der Waals surface area (Å²) in [6.45, 7) is 0. The van der Waals surface area contributed by atoms with Crippen LogP contribution in [0.3, 0.4) is 0 Å². The summed E-state index contributed by atoms with van der Waals surface area (Å²) in [5.41, 5.74) is 0. The summed E-state index contributed by atoms with van der Waals surface area (Å²) in [6, 6.07) is 0. The molecule has 1 N–H and O–H groups in total. The van der Waals surface area contributed by atoms with Crippen molar-refractivity contribution < 1.29 is 19.4 Å². The molecule has 0 aliphatic rings. The van der Waals surface area contributed by atoms with E-state index in [2.05, 4.69) is 20.7 Å². The molecule has 1 atom stereocenters. The number of ether oxygens (including phenoxy) is 1. The van der Waals surface area contributed by atoms with Crippen molar-refractivity contribution in [3.8, 4) is 0 Å². The molecule has 11 heavy (non-hydrogen) atoms. The van der Waals surface area contributed by atoms with E-state index in [4.69, 9.17) is 5.11 Å². The average molecular weight is 225 g/mol. The number of methoxy groups -OCH3 is 1. The van der Waals surface area contributed by atoms with Crippen molar-refractivity contribution in [2.75, 3.05) is 7.11 Å². The standard InChI is InChI=1S/C6H9BrO4/c1-11-6(10)4(7)2-3-5(8)9/h4H,2-3H2,1H3,(H,8,9). The van der Waals surface area contributed by atoms with E-state index in [1.165, 1.54) is 7.11 Å². The molecule has 0 saturated carbocycles. The van der Waals surface area contributed by atoms with Crippen molar-refractivity contribution >= 4 is 27.9 Å². The molecule has 0 heterocycles. The summed E-state index contributed by atoms with van der Waals surface area (Å²) in [6.07, 6.45) is 0.215. The van der Waals surface area contributed by atoms with Gasteiger partial charge < -0.3 is 9.84 Å². The Morgan fingerprint density at radius 1 is 1.64 bits per heavy atom. The van der Waals surface area contributed by atoms with Gasteiger partial charge in [-0.05, 0) is 6.42 Å². The van der Waals surface area contributed by atoms with Gasteiger partial charge in [-0.25, -0.2) is 0 Å². The Hall–Kier alpha value is -0.580. The SMILES string of the molecule is COC(=O)C(Br)CCC(=O)O. The molecule has 0 amide bonds. The van der Waals surface area contributed by atoms with E-state index in [-0.39, 0.29) is 12.8 Å². The fraction of sp³-hybridized carbons (Fsp3) is 0.667. The second-order valence-electron chi connectivity index (χ2n) is 1.92. The predicted molar refractivity (Wildman–Crippen MR) is 41.6 cm³/mol. The molecule has 0 aromatic heterocycles. The highest BCUT2D eigenvalue weighted by atomic mass is 79.9. The van der Waals surface area contributed by atoms with Gasteiger partial charge in [0.05, 0.1) is 7.11 Å². The summed E-state index contributed by atoms with van der Waals surface area (Å²) in [5.74, 6) is -1.36. The molecule has 0 fully saturated rings. The smallest absolute Gasteiger partial charge is 0.319 e. The van der Waals surface area contributed by atoms with E-state index >= 15 is 0 Å². The maximum absolute atomic E-state index is 10.7. The average Bonchev–Trinajstić information content (AvgIpc) is 1.98. The minimum absolute atomic E-state index is 0.0367. The Morgan fingerprint density at radius 2 is 2.18 bits per heavy atom. The number of alkyl halides is 1. The van der Waals surface area contributed by atoms with Crippen LogP contribution in [0.25, 0.3) is 0 Å². The van der Waals surface area contributed by atoms with Gasteiger partial charge in [-0.3, -0.25) is 9.59 Å². The monoisotopic (exact) mass is 224 g/mol. The Kier molecular flexibility index (Phi) is 4.85. The van der Waals surface area contributed by atoms with E-state index < -0.39 is 16.8 Å². The fourth-order valence-electron chi connectivity index (χ4n) is 0.496. The third-order valence-electron chi connectivity index (χ3n) is 1.07. The molecule has 0 spiro atoms. The van der Waals surface area contributed by atoms with Crippen LogP contribution in [0, 0.1) is 0 Å². The maximum Gasteiger partial charge on any atom is 0.319 e. The zero-order chi connectivity index (χ0) is 8.85. The van der Waals surface area contributed by atoms with Crippen LogP contribution in [0.4, 0.5) is 0 Å². The minimum Gasteiger partial charge on any atom is -0.481 e. The van der Waals surface area contributed by atoms with E-state index in [1.54, 1.807) is 0 Å². The second-order valence-corrected chi connectivity index (χ2v) is 3.03. The molecule has 0 aromatic rings. The number of hydrogen-bond donors (Lipinski definition) is 1. The van der Waals surface area contributed by atoms with E-state index in [0.29, 0.717) is 0 Å². The summed E-state index contributed by atoms with van der Waals surface area (Å²) in [4.78, 5) is 20.2. The van der Waals surface area contributed by atoms with Crippen molar-refractivity contribution in [3.05, 3.63) is 0 Å². The molecule has 5 heteroatoms. The summed E-state index contributed by atoms with van der Waals surface area (Å²) in [7, 11) is 1.26. The highest BCUT2D eigenvalue weighted by molar-refractivity contribution is 9.10. The van der Waals surface area contributed by atoms with Gasteiger partial charge in [0.1, 0.15) is 4.83 Å². The van der Waals surface area contributed by atoms with Crippen molar-refractivity contribution in [3.63, 3.8) is 0 Å². The Balaban J connectivity index is 3.60. The topological polar surface area (TPSA) is 63.6 Å². The van der Waals surface area contributed by atoms with Gasteiger partial charge in [-0.1, -0.05) is 15.9 Å². The number of hydrogen-bond acceptors (Lipinski definition) is 3. The van der Waals surface area contributed by atoms with Crippen molar-refractivity contribution in [1.29, 1.82) is 0 Å². The number of aliphatic carboxylic acids is 1. The van der Waals surface area contributed by atoms with Crippen molar-refractivity contribution in [2.24, 2.45) is 0 Å². The molecule has 4 nitrogen and oxygen atoms in total. The second kappa shape index (κ2) is 5.12. The molecule has 0 bridgehead atoms. The zero-order valence-corrected chi connectivity index (χ0v) is 7.63. The molecular formula is C6H9BrO4. The fourth-order valence-corrected chi connectivity index (χ4v) is 0.912. The largest absolute Gasteiger partial charge is 0.481 e. The number of carboxylic acid groups (broad SMARTS) is 1. The molecule has 64 valence electrons. The normalized spacial score (nSPS) is 12.2. The maximum atomic E-state index is 10.7. The lowest BCUT2D eigenvalue weighted by molar-refractivity contribution is -0.140. The van der Waals surface area contributed by atoms with Crippen LogP contribution < -0.4 is 0 Å². The summed E-state index contributed by atoms with van der Waals surface area (Å²) >= 11 is 2.99. The highest BCUT2D eigenvalue weighted by Crippen LogP contribution is 2.09. The van der Waals surface area contributed by atoms with E-state index in [0.717, 1.165) is 0 Å². The molecule has 0 aliphatic heterocycles. The quantitative estimate of drug-likeness (QED) is 0.567. The summed E-state index contributed by atoms with van der Waals surface area (Å²) in [5, 5.41) is 8.24. The number of carbonyl (C=O) groups excluding carboxylic acids is 1. The number of rotatable bonds is 4. The molecular weight excluding hydrogens is 216 g/mol. The van der Waals surface area contributed by atoms with E-state index in [9.17, 15) is 9.59 Å². The zero-order valence-electron chi connectivity index (χ0n) is 6.04. The third-order valence-corrected chi connectivity index (χ3v) is 1.90. The van der Waals surface area contributed by atoms with Crippen molar-refractivity contribution in [1.82, 2.24) is 0 Å². The van der Waals surface area contributed by atoms with Crippen LogP contribution in [0.2, 0.25) is 0 Å². The number of carboxylic acids is 1.